The first-order valence-corrected chi connectivity index (χ1v) is 9.87. The molecule has 0 saturated heterocycles. The number of hydrogen-bond acceptors (Lipinski definition) is 2. The molecular weight excluding hydrogens is 463 g/mol. The topological polar surface area (TPSA) is 27.3 Å². The Labute approximate surface area is 181 Å². The molecule has 5 heteroatoms. The van der Waals surface area contributed by atoms with E-state index in [0.29, 0.717) is 0 Å². The molecule has 2 aromatic carbocycles. The monoisotopic (exact) mass is 484 g/mol. The number of fused-ring (bicyclic) bond motifs is 11. The van der Waals surface area contributed by atoms with Gasteiger partial charge in [0.05, 0.1) is 0 Å². The highest BCUT2D eigenvalue weighted by Gasteiger charge is 2.56. The van der Waals surface area contributed by atoms with Gasteiger partial charge in [0.2, 0.25) is 0 Å². The first kappa shape index (κ1) is 16.9. The van der Waals surface area contributed by atoms with Crippen molar-refractivity contribution in [2.24, 2.45) is 0 Å². The molecule has 7 rings (SSSR count). The van der Waals surface area contributed by atoms with Crippen molar-refractivity contribution in [3.8, 4) is 11.8 Å². The van der Waals surface area contributed by atoms with Crippen molar-refractivity contribution in [2.75, 3.05) is 0 Å². The van der Waals surface area contributed by atoms with Crippen LogP contribution in [0, 0.1) is 13.8 Å². The van der Waals surface area contributed by atoms with E-state index >= 15 is 0 Å². The molecule has 1 aromatic heterocycles. The fraction of sp³-hybridized carbons (Fsp3) is 0.348. The summed E-state index contributed by atoms with van der Waals surface area (Å²) in [4.78, 5) is 0. The lowest BCUT2D eigenvalue weighted by atomic mass is 10.0. The van der Waals surface area contributed by atoms with Gasteiger partial charge in [-0.2, -0.15) is 9.13 Å². The third-order valence-corrected chi connectivity index (χ3v) is 6.99. The number of ether oxygens (including phenoxy) is 2. The van der Waals surface area contributed by atoms with Crippen molar-refractivity contribution >= 4 is 0 Å². The molecule has 0 spiro atoms. The lowest BCUT2D eigenvalue weighted by Crippen LogP contribution is -3.00. The zero-order valence-corrected chi connectivity index (χ0v) is 18.0. The third-order valence-electron chi connectivity index (χ3n) is 6.99. The minimum atomic E-state index is 0. The smallest absolute Gasteiger partial charge is 0.373 e. The van der Waals surface area contributed by atoms with Crippen LogP contribution in [-0.4, -0.2) is 16.8 Å². The molecule has 0 radical (unpaired) electrons. The second-order valence-electron chi connectivity index (χ2n) is 8.45. The van der Waals surface area contributed by atoms with Crippen LogP contribution in [0.25, 0.3) is 0 Å². The Kier molecular flexibility index (Phi) is 3.33. The largest absolute Gasteiger partial charge is 1.00 e. The van der Waals surface area contributed by atoms with Gasteiger partial charge in [-0.25, -0.2) is 0 Å². The SMILES string of the molecule is Cc1cccc2c1[C@@H]1[C@H](C2)Oc2c3[n+](cn21)[C@@H]1c2c(C)cccc2C[C@@H]1O3.[I-]. The molecule has 28 heavy (non-hydrogen) atoms. The van der Waals surface area contributed by atoms with Crippen molar-refractivity contribution in [1.29, 1.82) is 0 Å². The van der Waals surface area contributed by atoms with Crippen molar-refractivity contribution < 1.29 is 38.0 Å². The maximum Gasteiger partial charge on any atom is 0.373 e. The predicted octanol–water partition coefficient (Wildman–Crippen LogP) is 0.209. The standard InChI is InChI=1S/C23H21N2O2.HI/c1-12-5-3-7-14-9-16-20(18(12)14)24-11-25-21-17(27-23(25)22(24)26-16)10-15-8-4-6-13(2)19(15)21;/h3-8,11,16-17,20-21H,9-10H2,1-2H3;1H/q+1;/p-1/t16-,17-,20-,21-;/m0./s1. The summed E-state index contributed by atoms with van der Waals surface area (Å²) in [6.07, 6.45) is 4.61. The third kappa shape index (κ3) is 1.88. The van der Waals surface area contributed by atoms with Gasteiger partial charge in [-0.3, -0.25) is 0 Å². The highest BCUT2D eigenvalue weighted by atomic mass is 127. The highest BCUT2D eigenvalue weighted by Crippen LogP contribution is 2.51. The van der Waals surface area contributed by atoms with E-state index in [0.717, 1.165) is 24.6 Å². The van der Waals surface area contributed by atoms with Crippen LogP contribution < -0.4 is 38.0 Å². The molecule has 4 atom stereocenters. The number of aromatic nitrogens is 2. The summed E-state index contributed by atoms with van der Waals surface area (Å²) in [5.74, 6) is 1.84. The van der Waals surface area contributed by atoms with Crippen LogP contribution in [0.3, 0.4) is 0 Å². The number of imidazole rings is 1. The van der Waals surface area contributed by atoms with Crippen molar-refractivity contribution in [2.45, 2.75) is 51.0 Å². The molecular formula is C23H21IN2O2. The minimum Gasteiger partial charge on any atom is -1.00 e. The van der Waals surface area contributed by atoms with Crippen molar-refractivity contribution in [3.63, 3.8) is 0 Å². The van der Waals surface area contributed by atoms with Crippen molar-refractivity contribution in [3.05, 3.63) is 76.1 Å². The average Bonchev–Trinajstić information content (AvgIpc) is 3.37. The summed E-state index contributed by atoms with van der Waals surface area (Å²) in [5, 5.41) is 0. The summed E-state index contributed by atoms with van der Waals surface area (Å²) in [5.41, 5.74) is 8.45. The van der Waals surface area contributed by atoms with Crippen LogP contribution in [0.15, 0.2) is 42.7 Å². The number of aryl methyl sites for hydroxylation is 2. The van der Waals surface area contributed by atoms with Crippen LogP contribution in [0.4, 0.5) is 0 Å². The van der Waals surface area contributed by atoms with Gasteiger partial charge in [0, 0.05) is 24.0 Å². The van der Waals surface area contributed by atoms with Crippen LogP contribution in [-0.2, 0) is 12.8 Å². The van der Waals surface area contributed by atoms with Crippen LogP contribution in [0.1, 0.15) is 45.5 Å². The quantitative estimate of drug-likeness (QED) is 0.337. The molecule has 0 bridgehead atoms. The molecule has 4 aliphatic rings. The number of halogens is 1. The number of nitrogens with zero attached hydrogens (tertiary/aromatic N) is 2. The summed E-state index contributed by atoms with van der Waals surface area (Å²) in [6.45, 7) is 4.43. The molecule has 142 valence electrons. The molecule has 0 N–H and O–H groups in total. The summed E-state index contributed by atoms with van der Waals surface area (Å²) >= 11 is 0. The van der Waals surface area contributed by atoms with Crippen LogP contribution in [0.2, 0.25) is 0 Å². The molecule has 3 aromatic rings. The van der Waals surface area contributed by atoms with Gasteiger partial charge in [0.1, 0.15) is 0 Å². The zero-order valence-electron chi connectivity index (χ0n) is 15.9. The molecule has 0 fully saturated rings. The zero-order chi connectivity index (χ0) is 17.9. The molecule has 4 nitrogen and oxygen atoms in total. The second kappa shape index (κ2) is 5.53. The maximum absolute atomic E-state index is 6.45. The van der Waals surface area contributed by atoms with E-state index in [-0.39, 0.29) is 48.3 Å². The van der Waals surface area contributed by atoms with Gasteiger partial charge in [0.15, 0.2) is 24.3 Å². The molecule has 0 unspecified atom stereocenters. The average molecular weight is 484 g/mol. The van der Waals surface area contributed by atoms with E-state index < -0.39 is 0 Å². The lowest BCUT2D eigenvalue weighted by molar-refractivity contribution is -0.697. The summed E-state index contributed by atoms with van der Waals surface area (Å²) < 4.78 is 17.6. The normalized spacial score (nSPS) is 26.9. The highest BCUT2D eigenvalue weighted by molar-refractivity contribution is 5.48. The number of rotatable bonds is 0. The first-order valence-electron chi connectivity index (χ1n) is 9.87. The number of benzene rings is 2. The van der Waals surface area contributed by atoms with E-state index in [4.69, 9.17) is 9.47 Å². The van der Waals surface area contributed by atoms with Gasteiger partial charge >= 0.3 is 11.8 Å². The summed E-state index contributed by atoms with van der Waals surface area (Å²) in [6, 6.07) is 13.8. The van der Waals surface area contributed by atoms with Gasteiger partial charge < -0.3 is 33.5 Å². The fourth-order valence-electron chi connectivity index (χ4n) is 5.93. The lowest BCUT2D eigenvalue weighted by Gasteiger charge is -2.11. The van der Waals surface area contributed by atoms with Gasteiger partial charge in [-0.15, -0.1) is 0 Å². The second-order valence-corrected chi connectivity index (χ2v) is 8.45. The van der Waals surface area contributed by atoms with Gasteiger partial charge in [-0.05, 0) is 36.1 Å². The number of hydrogen-bond donors (Lipinski definition) is 0. The van der Waals surface area contributed by atoms with E-state index in [9.17, 15) is 0 Å². The minimum absolute atomic E-state index is 0. The molecule has 0 saturated carbocycles. The Bertz CT molecular complexity index is 1060. The Hall–Kier alpha value is -2.02. The Balaban J connectivity index is 0.00000156. The first-order chi connectivity index (χ1) is 13.2. The van der Waals surface area contributed by atoms with E-state index in [1.54, 1.807) is 0 Å². The van der Waals surface area contributed by atoms with Crippen LogP contribution >= 0.6 is 0 Å². The summed E-state index contributed by atoms with van der Waals surface area (Å²) in [7, 11) is 0. The van der Waals surface area contributed by atoms with Gasteiger partial charge in [-0.1, -0.05) is 36.4 Å². The van der Waals surface area contributed by atoms with E-state index in [1.807, 2.05) is 0 Å². The van der Waals surface area contributed by atoms with E-state index in [1.165, 1.54) is 33.4 Å². The molecule has 2 aliphatic carbocycles. The molecule has 3 heterocycles. The maximum atomic E-state index is 6.45. The fourth-order valence-corrected chi connectivity index (χ4v) is 5.93. The van der Waals surface area contributed by atoms with Crippen molar-refractivity contribution in [1.82, 2.24) is 4.57 Å². The molecule has 2 aliphatic heterocycles. The molecule has 0 amide bonds. The Morgan fingerprint density at radius 1 is 0.893 bits per heavy atom. The van der Waals surface area contributed by atoms with E-state index in [2.05, 4.69) is 65.7 Å². The Morgan fingerprint density at radius 2 is 1.57 bits per heavy atom. The van der Waals surface area contributed by atoms with Crippen LogP contribution in [0.5, 0.6) is 11.8 Å². The van der Waals surface area contributed by atoms with Gasteiger partial charge in [0.25, 0.3) is 6.33 Å². The Morgan fingerprint density at radius 3 is 2.36 bits per heavy atom. The predicted molar refractivity (Wildman–Crippen MR) is 99.5 cm³/mol.